The smallest absolute Gasteiger partial charge is 0.226 e. The highest BCUT2D eigenvalue weighted by Gasteiger charge is 2.19. The van der Waals surface area contributed by atoms with Gasteiger partial charge in [-0.25, -0.2) is 0 Å². The molecule has 0 radical (unpaired) electrons. The predicted octanol–water partition coefficient (Wildman–Crippen LogP) is 4.39. The molecule has 2 rings (SSSR count). The number of anilines is 1. The maximum Gasteiger partial charge on any atom is 0.226 e. The van der Waals surface area contributed by atoms with Gasteiger partial charge in [0.15, 0.2) is 5.11 Å². The zero-order valence-electron chi connectivity index (χ0n) is 10.9. The van der Waals surface area contributed by atoms with Crippen LogP contribution >= 0.6 is 35.4 Å². The second kappa shape index (κ2) is 7.25. The van der Waals surface area contributed by atoms with E-state index in [9.17, 15) is 4.79 Å². The van der Waals surface area contributed by atoms with Crippen molar-refractivity contribution in [2.45, 2.75) is 32.1 Å². The largest absolute Gasteiger partial charge is 0.331 e. The van der Waals surface area contributed by atoms with E-state index in [1.807, 2.05) is 0 Å². The average Bonchev–Trinajstić information content (AvgIpc) is 2.87. The molecule has 1 aliphatic rings. The summed E-state index contributed by atoms with van der Waals surface area (Å²) in [5, 5.41) is 6.65. The van der Waals surface area contributed by atoms with E-state index in [0.717, 1.165) is 12.8 Å². The molecule has 1 fully saturated rings. The number of halogens is 2. The van der Waals surface area contributed by atoms with Crippen molar-refractivity contribution in [3.05, 3.63) is 28.2 Å². The second-order valence-electron chi connectivity index (χ2n) is 4.96. The lowest BCUT2D eigenvalue weighted by Crippen LogP contribution is -2.35. The van der Waals surface area contributed by atoms with E-state index in [1.165, 1.54) is 12.8 Å². The van der Waals surface area contributed by atoms with Crippen molar-refractivity contribution < 1.29 is 4.79 Å². The number of hydrogen-bond donors (Lipinski definition) is 2. The summed E-state index contributed by atoms with van der Waals surface area (Å²) in [5.74, 6) is 0.445. The van der Waals surface area contributed by atoms with Crippen molar-refractivity contribution in [3.8, 4) is 0 Å². The third-order valence-corrected chi connectivity index (χ3v) is 4.42. The first-order valence-corrected chi connectivity index (χ1v) is 7.77. The van der Waals surface area contributed by atoms with Crippen molar-refractivity contribution >= 4 is 52.1 Å². The van der Waals surface area contributed by atoms with E-state index in [2.05, 4.69) is 10.6 Å². The molecule has 0 heterocycles. The second-order valence-corrected chi connectivity index (χ2v) is 6.15. The number of benzene rings is 1. The summed E-state index contributed by atoms with van der Waals surface area (Å²) in [6, 6.07) is 5.21. The molecule has 3 nitrogen and oxygen atoms in total. The molecule has 0 aromatic heterocycles. The first-order chi connectivity index (χ1) is 9.56. The Morgan fingerprint density at radius 1 is 1.30 bits per heavy atom. The number of thiocarbonyl (C=S) groups is 1. The summed E-state index contributed by atoms with van der Waals surface area (Å²) in [5.41, 5.74) is 0.588. The van der Waals surface area contributed by atoms with Gasteiger partial charge < -0.3 is 10.6 Å². The summed E-state index contributed by atoms with van der Waals surface area (Å²) in [6.45, 7) is 0. The third-order valence-electron chi connectivity index (χ3n) is 3.40. The zero-order valence-corrected chi connectivity index (χ0v) is 13.2. The maximum atomic E-state index is 11.9. The number of carbonyl (C=O) groups excluding carboxylic acids is 1. The van der Waals surface area contributed by atoms with Gasteiger partial charge in [0.1, 0.15) is 0 Å². The molecule has 0 atom stereocenters. The third kappa shape index (κ3) is 4.33. The van der Waals surface area contributed by atoms with Crippen LogP contribution in [0.5, 0.6) is 0 Å². The van der Waals surface area contributed by atoms with Crippen LogP contribution in [0.3, 0.4) is 0 Å². The highest BCUT2D eigenvalue weighted by atomic mass is 35.5. The summed E-state index contributed by atoms with van der Waals surface area (Å²) < 4.78 is 0. The Morgan fingerprint density at radius 2 is 2.00 bits per heavy atom. The van der Waals surface area contributed by atoms with E-state index in [4.69, 9.17) is 35.4 Å². The molecule has 2 N–H and O–H groups in total. The van der Waals surface area contributed by atoms with Gasteiger partial charge in [-0.2, -0.15) is 0 Å². The monoisotopic (exact) mass is 330 g/mol. The van der Waals surface area contributed by atoms with Crippen LogP contribution in [-0.4, -0.2) is 11.0 Å². The normalized spacial score (nSPS) is 15.1. The summed E-state index contributed by atoms with van der Waals surface area (Å²) in [7, 11) is 0. The van der Waals surface area contributed by atoms with Crippen LogP contribution in [0.4, 0.5) is 5.69 Å². The molecular formula is C14H16Cl2N2OS. The SMILES string of the molecule is O=C(CC1CCCC1)NC(=S)Nc1cccc(Cl)c1Cl. The topological polar surface area (TPSA) is 41.1 Å². The van der Waals surface area contributed by atoms with Gasteiger partial charge in [-0.1, -0.05) is 42.1 Å². The van der Waals surface area contributed by atoms with Crippen molar-refractivity contribution in [1.82, 2.24) is 5.32 Å². The standard InChI is InChI=1S/C14H16Cl2N2OS/c15-10-6-3-7-11(13(10)16)17-14(20)18-12(19)8-9-4-1-2-5-9/h3,6-7,9H,1-2,4-5,8H2,(H2,17,18,19,20). The van der Waals surface area contributed by atoms with Crippen molar-refractivity contribution in [3.63, 3.8) is 0 Å². The molecule has 1 aliphatic carbocycles. The maximum absolute atomic E-state index is 11.9. The van der Waals surface area contributed by atoms with Gasteiger partial charge in [0, 0.05) is 6.42 Å². The lowest BCUT2D eigenvalue weighted by Gasteiger charge is -2.13. The quantitative estimate of drug-likeness (QED) is 0.807. The van der Waals surface area contributed by atoms with E-state index in [-0.39, 0.29) is 11.0 Å². The van der Waals surface area contributed by atoms with E-state index in [0.29, 0.717) is 28.1 Å². The first kappa shape index (κ1) is 15.5. The number of nitrogens with one attached hydrogen (secondary N) is 2. The van der Waals surface area contributed by atoms with E-state index in [1.54, 1.807) is 18.2 Å². The van der Waals surface area contributed by atoms with Crippen molar-refractivity contribution in [2.75, 3.05) is 5.32 Å². The Hall–Kier alpha value is -0.840. The van der Waals surface area contributed by atoms with Crippen LogP contribution in [0.15, 0.2) is 18.2 Å². The fourth-order valence-corrected chi connectivity index (χ4v) is 2.98. The van der Waals surface area contributed by atoms with Gasteiger partial charge in [0.2, 0.25) is 5.91 Å². The van der Waals surface area contributed by atoms with Gasteiger partial charge in [-0.05, 0) is 43.1 Å². The molecule has 20 heavy (non-hydrogen) atoms. The fraction of sp³-hybridized carbons (Fsp3) is 0.429. The fourth-order valence-electron chi connectivity index (χ4n) is 2.41. The molecule has 1 aromatic rings. The lowest BCUT2D eigenvalue weighted by molar-refractivity contribution is -0.120. The Morgan fingerprint density at radius 3 is 2.70 bits per heavy atom. The Kier molecular flexibility index (Phi) is 5.64. The van der Waals surface area contributed by atoms with Crippen LogP contribution in [-0.2, 0) is 4.79 Å². The molecule has 1 aromatic carbocycles. The Labute approximate surface area is 134 Å². The highest BCUT2D eigenvalue weighted by Crippen LogP contribution is 2.29. The van der Waals surface area contributed by atoms with Gasteiger partial charge in [0.05, 0.1) is 15.7 Å². The van der Waals surface area contributed by atoms with Gasteiger partial charge in [-0.3, -0.25) is 4.79 Å². The average molecular weight is 331 g/mol. The summed E-state index contributed by atoms with van der Waals surface area (Å²) >= 11 is 17.1. The van der Waals surface area contributed by atoms with Crippen molar-refractivity contribution in [2.24, 2.45) is 5.92 Å². The molecular weight excluding hydrogens is 315 g/mol. The Bertz CT molecular complexity index is 516. The van der Waals surface area contributed by atoms with Gasteiger partial charge in [-0.15, -0.1) is 0 Å². The van der Waals surface area contributed by atoms with Crippen molar-refractivity contribution in [1.29, 1.82) is 0 Å². The number of carbonyl (C=O) groups is 1. The molecule has 6 heteroatoms. The van der Waals surface area contributed by atoms with E-state index < -0.39 is 0 Å². The molecule has 1 saturated carbocycles. The zero-order chi connectivity index (χ0) is 14.5. The Balaban J connectivity index is 1.85. The lowest BCUT2D eigenvalue weighted by atomic mass is 10.0. The first-order valence-electron chi connectivity index (χ1n) is 6.61. The van der Waals surface area contributed by atoms with Gasteiger partial charge >= 0.3 is 0 Å². The molecule has 0 saturated heterocycles. The van der Waals surface area contributed by atoms with Crippen LogP contribution in [0.1, 0.15) is 32.1 Å². The van der Waals surface area contributed by atoms with Crippen LogP contribution < -0.4 is 10.6 Å². The van der Waals surface area contributed by atoms with Gasteiger partial charge in [0.25, 0.3) is 0 Å². The molecule has 0 aliphatic heterocycles. The predicted molar refractivity (Wildman–Crippen MR) is 87.4 cm³/mol. The summed E-state index contributed by atoms with van der Waals surface area (Å²) in [6.07, 6.45) is 5.24. The highest BCUT2D eigenvalue weighted by molar-refractivity contribution is 7.80. The minimum absolute atomic E-state index is 0.0486. The van der Waals surface area contributed by atoms with Crippen LogP contribution in [0.2, 0.25) is 10.0 Å². The molecule has 0 bridgehead atoms. The minimum Gasteiger partial charge on any atom is -0.331 e. The van der Waals surface area contributed by atoms with Crippen LogP contribution in [0, 0.1) is 5.92 Å². The van der Waals surface area contributed by atoms with Crippen LogP contribution in [0.25, 0.3) is 0 Å². The number of hydrogen-bond acceptors (Lipinski definition) is 2. The molecule has 0 spiro atoms. The minimum atomic E-state index is -0.0486. The number of amides is 1. The molecule has 108 valence electrons. The molecule has 1 amide bonds. The van der Waals surface area contributed by atoms with E-state index >= 15 is 0 Å². The molecule has 0 unspecified atom stereocenters. The number of rotatable bonds is 3. The summed E-state index contributed by atoms with van der Waals surface area (Å²) in [4.78, 5) is 11.9.